The number of para-hydroxylation sites is 3. The summed E-state index contributed by atoms with van der Waals surface area (Å²) in [4.78, 5) is 0. The molecule has 12 rings (SSSR count). The summed E-state index contributed by atoms with van der Waals surface area (Å²) in [6.07, 6.45) is 0. The molecule has 0 aliphatic carbocycles. The van der Waals surface area contributed by atoms with Crippen LogP contribution in [0.4, 0.5) is 0 Å². The van der Waals surface area contributed by atoms with Crippen LogP contribution in [0.15, 0.2) is 182 Å². The zero-order chi connectivity index (χ0) is 34.0. The molecule has 242 valence electrons. The van der Waals surface area contributed by atoms with Crippen LogP contribution in [0, 0.1) is 0 Å². The minimum absolute atomic E-state index is 0.524. The SMILES string of the molecule is c1ccc(P2c3ccccc3C3(c4ccccc4-n4c5ccccc5c5cccc3c54)c3cc(-c4cccc5c4sc4ccccc45)ccc32)cc1. The Morgan fingerprint density at radius 2 is 1.13 bits per heavy atom. The molecule has 1 spiro atoms. The first-order valence-corrected chi connectivity index (χ1v) is 20.1. The molecule has 2 aliphatic heterocycles. The van der Waals surface area contributed by atoms with Crippen LogP contribution in [-0.2, 0) is 5.41 Å². The van der Waals surface area contributed by atoms with Crippen molar-refractivity contribution in [1.29, 1.82) is 0 Å². The first-order chi connectivity index (χ1) is 25.8. The molecule has 0 N–H and O–H groups in total. The fourth-order valence-electron chi connectivity index (χ4n) is 9.57. The number of hydrogen-bond acceptors (Lipinski definition) is 1. The van der Waals surface area contributed by atoms with Crippen LogP contribution in [0.25, 0.3) is 58.8 Å². The van der Waals surface area contributed by atoms with Crippen molar-refractivity contribution in [2.45, 2.75) is 5.41 Å². The van der Waals surface area contributed by atoms with Crippen molar-refractivity contribution in [3.8, 4) is 16.8 Å². The predicted molar refractivity (Wildman–Crippen MR) is 223 cm³/mol. The number of nitrogens with zero attached hydrogens (tertiary/aromatic N) is 1. The number of fused-ring (bicyclic) bond motifs is 14. The van der Waals surface area contributed by atoms with Crippen molar-refractivity contribution in [3.63, 3.8) is 0 Å². The highest BCUT2D eigenvalue weighted by Crippen LogP contribution is 2.59. The molecule has 0 saturated carbocycles. The fourth-order valence-corrected chi connectivity index (χ4v) is 13.5. The van der Waals surface area contributed by atoms with Crippen LogP contribution < -0.4 is 15.9 Å². The molecule has 2 unspecified atom stereocenters. The van der Waals surface area contributed by atoms with E-state index in [0.29, 0.717) is 0 Å². The van der Waals surface area contributed by atoms with Gasteiger partial charge in [-0.05, 0) is 81.5 Å². The Morgan fingerprint density at radius 3 is 2.06 bits per heavy atom. The van der Waals surface area contributed by atoms with E-state index in [1.807, 2.05) is 11.3 Å². The van der Waals surface area contributed by atoms with Gasteiger partial charge in [-0.1, -0.05) is 158 Å². The van der Waals surface area contributed by atoms with E-state index < -0.39 is 13.3 Å². The molecule has 52 heavy (non-hydrogen) atoms. The summed E-state index contributed by atoms with van der Waals surface area (Å²) in [5, 5.41) is 9.53. The maximum atomic E-state index is 2.58. The average molecular weight is 696 g/mol. The minimum Gasteiger partial charge on any atom is -0.309 e. The van der Waals surface area contributed by atoms with E-state index in [-0.39, 0.29) is 0 Å². The molecular weight excluding hydrogens is 666 g/mol. The third-order valence-electron chi connectivity index (χ3n) is 11.6. The van der Waals surface area contributed by atoms with Crippen molar-refractivity contribution < 1.29 is 0 Å². The van der Waals surface area contributed by atoms with Gasteiger partial charge in [-0.25, -0.2) is 0 Å². The van der Waals surface area contributed by atoms with Gasteiger partial charge in [-0.2, -0.15) is 0 Å². The van der Waals surface area contributed by atoms with Crippen molar-refractivity contribution in [2.24, 2.45) is 0 Å². The maximum absolute atomic E-state index is 2.58. The second-order valence-electron chi connectivity index (χ2n) is 14.0. The lowest BCUT2D eigenvalue weighted by molar-refractivity contribution is 0.735. The molecular formula is C49H30NPS. The average Bonchev–Trinajstić information content (AvgIpc) is 3.77. The Kier molecular flexibility index (Phi) is 5.89. The standard InChI is InChI=1S/C49H30NPS/c1-2-14-32(15-3-1)51-44-26-10-7-22-39(44)49(38-21-6-9-25-43(38)50-42-24-8-4-16-34(42)36-19-13-23-40(49)47(36)50)41-30-31(28-29-45(41)51)33-18-12-20-37-35-17-5-11-27-46(35)52-48(33)37/h1-30H. The first-order valence-electron chi connectivity index (χ1n) is 17.9. The lowest BCUT2D eigenvalue weighted by Gasteiger charge is -2.48. The van der Waals surface area contributed by atoms with E-state index in [4.69, 9.17) is 0 Å². The number of thiophene rings is 1. The van der Waals surface area contributed by atoms with E-state index in [1.165, 1.54) is 97.0 Å². The van der Waals surface area contributed by atoms with Gasteiger partial charge >= 0.3 is 0 Å². The Bertz CT molecular complexity index is 3100. The van der Waals surface area contributed by atoms with Gasteiger partial charge in [-0.15, -0.1) is 11.3 Å². The zero-order valence-electron chi connectivity index (χ0n) is 28.1. The highest BCUT2D eigenvalue weighted by molar-refractivity contribution is 7.80. The molecule has 2 aromatic heterocycles. The van der Waals surface area contributed by atoms with Gasteiger partial charge in [0, 0.05) is 30.9 Å². The van der Waals surface area contributed by atoms with Gasteiger partial charge < -0.3 is 4.57 Å². The van der Waals surface area contributed by atoms with Crippen molar-refractivity contribution in [1.82, 2.24) is 4.57 Å². The lowest BCUT2D eigenvalue weighted by atomic mass is 9.62. The molecule has 0 fully saturated rings. The van der Waals surface area contributed by atoms with Gasteiger partial charge in [0.05, 0.1) is 22.1 Å². The van der Waals surface area contributed by atoms with E-state index in [2.05, 4.69) is 187 Å². The second kappa shape index (κ2) is 10.6. The van der Waals surface area contributed by atoms with E-state index >= 15 is 0 Å². The highest BCUT2D eigenvalue weighted by Gasteiger charge is 2.51. The molecule has 0 bridgehead atoms. The Morgan fingerprint density at radius 1 is 0.462 bits per heavy atom. The molecule has 0 saturated heterocycles. The van der Waals surface area contributed by atoms with E-state index in [1.54, 1.807) is 0 Å². The number of aromatic nitrogens is 1. The predicted octanol–water partition coefficient (Wildman–Crippen LogP) is 11.6. The van der Waals surface area contributed by atoms with Crippen LogP contribution in [0.5, 0.6) is 0 Å². The third-order valence-corrected chi connectivity index (χ3v) is 15.3. The number of rotatable bonds is 2. The van der Waals surface area contributed by atoms with Crippen molar-refractivity contribution in [2.75, 3.05) is 0 Å². The Labute approximate surface area is 306 Å². The lowest BCUT2D eigenvalue weighted by Crippen LogP contribution is -2.47. The summed E-state index contributed by atoms with van der Waals surface area (Å²) in [6.45, 7) is 0. The van der Waals surface area contributed by atoms with E-state index in [9.17, 15) is 0 Å². The van der Waals surface area contributed by atoms with Gasteiger partial charge in [-0.3, -0.25) is 0 Å². The van der Waals surface area contributed by atoms with Gasteiger partial charge in [0.1, 0.15) is 0 Å². The fraction of sp³-hybridized carbons (Fsp3) is 0.0204. The third kappa shape index (κ3) is 3.61. The minimum atomic E-state index is -0.821. The van der Waals surface area contributed by atoms with Crippen LogP contribution in [0.1, 0.15) is 22.3 Å². The zero-order valence-corrected chi connectivity index (χ0v) is 29.8. The van der Waals surface area contributed by atoms with Crippen molar-refractivity contribution >= 4 is 77.2 Å². The van der Waals surface area contributed by atoms with Gasteiger partial charge in [0.25, 0.3) is 0 Å². The topological polar surface area (TPSA) is 4.93 Å². The molecule has 1 nitrogen and oxygen atoms in total. The Hall–Kier alpha value is -5.79. The quantitative estimate of drug-likeness (QED) is 0.159. The van der Waals surface area contributed by atoms with Gasteiger partial charge in [0.15, 0.2) is 0 Å². The molecule has 0 radical (unpaired) electrons. The van der Waals surface area contributed by atoms with Gasteiger partial charge in [0.2, 0.25) is 0 Å². The van der Waals surface area contributed by atoms with E-state index in [0.717, 1.165) is 0 Å². The Balaban J connectivity index is 1.27. The summed E-state index contributed by atoms with van der Waals surface area (Å²) in [6, 6.07) is 68.9. The molecule has 8 aromatic carbocycles. The molecule has 3 heteroatoms. The largest absolute Gasteiger partial charge is 0.309 e. The number of benzene rings is 8. The molecule has 2 atom stereocenters. The smallest absolute Gasteiger partial charge is 0.0755 e. The van der Waals surface area contributed by atoms with Crippen molar-refractivity contribution in [3.05, 3.63) is 204 Å². The monoisotopic (exact) mass is 695 g/mol. The summed E-state index contributed by atoms with van der Waals surface area (Å²) in [5.41, 5.74) is 11.4. The second-order valence-corrected chi connectivity index (χ2v) is 17.2. The summed E-state index contributed by atoms with van der Waals surface area (Å²) in [7, 11) is -0.821. The molecule has 2 aliphatic rings. The normalized spacial score (nSPS) is 17.1. The first kappa shape index (κ1) is 28.9. The summed E-state index contributed by atoms with van der Waals surface area (Å²) in [5.74, 6) is 0. The molecule has 10 aromatic rings. The summed E-state index contributed by atoms with van der Waals surface area (Å²) < 4.78 is 5.23. The molecule has 4 heterocycles. The number of hydrogen-bond donors (Lipinski definition) is 0. The molecule has 0 amide bonds. The van der Waals surface area contributed by atoms with Crippen LogP contribution in [0.3, 0.4) is 0 Å². The summed E-state index contributed by atoms with van der Waals surface area (Å²) >= 11 is 1.91. The van der Waals surface area contributed by atoms with Crippen LogP contribution in [0.2, 0.25) is 0 Å². The van der Waals surface area contributed by atoms with Crippen LogP contribution in [-0.4, -0.2) is 4.57 Å². The van der Waals surface area contributed by atoms with Crippen LogP contribution >= 0.6 is 19.3 Å². The highest BCUT2D eigenvalue weighted by atomic mass is 32.1. The maximum Gasteiger partial charge on any atom is 0.0755 e.